The Morgan fingerprint density at radius 3 is 2.64 bits per heavy atom. The lowest BCUT2D eigenvalue weighted by molar-refractivity contribution is 0.0354. The fourth-order valence-corrected chi connectivity index (χ4v) is 2.76. The van der Waals surface area contributed by atoms with Gasteiger partial charge in [-0.1, -0.05) is 32.6 Å². The Morgan fingerprint density at radius 1 is 1.29 bits per heavy atom. The molecule has 0 bridgehead atoms. The van der Waals surface area contributed by atoms with Gasteiger partial charge in [0.1, 0.15) is 0 Å². The van der Waals surface area contributed by atoms with Gasteiger partial charge in [0.15, 0.2) is 0 Å². The van der Waals surface area contributed by atoms with Crippen LogP contribution in [0.1, 0.15) is 51.9 Å². The van der Waals surface area contributed by atoms with Crippen molar-refractivity contribution < 1.29 is 10.2 Å². The maximum Gasteiger partial charge on any atom is 0.0571 e. The molecular weight excluding hydrogens is 176 g/mol. The van der Waals surface area contributed by atoms with E-state index in [0.29, 0.717) is 5.92 Å². The summed E-state index contributed by atoms with van der Waals surface area (Å²) in [6.07, 6.45) is 7.63. The minimum atomic E-state index is -0.174. The number of rotatable bonds is 5. The van der Waals surface area contributed by atoms with E-state index in [2.05, 4.69) is 6.92 Å². The van der Waals surface area contributed by atoms with Crippen LogP contribution in [0.2, 0.25) is 0 Å². The molecule has 1 rings (SSSR count). The minimum Gasteiger partial charge on any atom is -0.396 e. The van der Waals surface area contributed by atoms with Gasteiger partial charge in [-0.05, 0) is 31.1 Å². The van der Waals surface area contributed by atoms with Crippen LogP contribution in [0.4, 0.5) is 0 Å². The van der Waals surface area contributed by atoms with Crippen LogP contribution < -0.4 is 0 Å². The first-order chi connectivity index (χ1) is 6.79. The standard InChI is InChI=1S/C12H24O2/c1-2-10-6-3-4-7-11(10)12(14)8-5-9-13/h10-14H,2-9H2,1H3. The van der Waals surface area contributed by atoms with Crippen molar-refractivity contribution in [1.82, 2.24) is 0 Å². The molecule has 1 aliphatic rings. The number of aliphatic hydroxyl groups is 2. The third kappa shape index (κ3) is 3.25. The summed E-state index contributed by atoms with van der Waals surface area (Å²) in [6.45, 7) is 2.43. The molecule has 2 nitrogen and oxygen atoms in total. The van der Waals surface area contributed by atoms with E-state index in [1.165, 1.54) is 32.1 Å². The average molecular weight is 200 g/mol. The van der Waals surface area contributed by atoms with Gasteiger partial charge >= 0.3 is 0 Å². The third-order valence-electron chi connectivity index (χ3n) is 3.64. The van der Waals surface area contributed by atoms with Crippen molar-refractivity contribution in [1.29, 1.82) is 0 Å². The van der Waals surface area contributed by atoms with Crippen molar-refractivity contribution in [2.24, 2.45) is 11.8 Å². The van der Waals surface area contributed by atoms with Gasteiger partial charge in [-0.15, -0.1) is 0 Å². The van der Waals surface area contributed by atoms with E-state index in [1.807, 2.05) is 0 Å². The fourth-order valence-electron chi connectivity index (χ4n) is 2.76. The zero-order chi connectivity index (χ0) is 10.4. The van der Waals surface area contributed by atoms with E-state index in [-0.39, 0.29) is 12.7 Å². The fraction of sp³-hybridized carbons (Fsp3) is 1.00. The Kier molecular flexibility index (Phi) is 5.49. The predicted octanol–water partition coefficient (Wildman–Crippen LogP) is 2.34. The van der Waals surface area contributed by atoms with Gasteiger partial charge < -0.3 is 10.2 Å². The van der Waals surface area contributed by atoms with E-state index in [4.69, 9.17) is 5.11 Å². The summed E-state index contributed by atoms with van der Waals surface area (Å²) < 4.78 is 0. The molecular formula is C12H24O2. The van der Waals surface area contributed by atoms with E-state index in [1.54, 1.807) is 0 Å². The Labute approximate surface area is 87.3 Å². The zero-order valence-electron chi connectivity index (χ0n) is 9.28. The van der Waals surface area contributed by atoms with Crippen LogP contribution in [0.3, 0.4) is 0 Å². The van der Waals surface area contributed by atoms with Gasteiger partial charge in [0.05, 0.1) is 6.10 Å². The topological polar surface area (TPSA) is 40.5 Å². The van der Waals surface area contributed by atoms with E-state index >= 15 is 0 Å². The Bertz CT molecular complexity index is 147. The number of hydrogen-bond donors (Lipinski definition) is 2. The molecule has 84 valence electrons. The third-order valence-corrected chi connectivity index (χ3v) is 3.64. The van der Waals surface area contributed by atoms with Crippen molar-refractivity contribution in [3.8, 4) is 0 Å². The molecule has 3 atom stereocenters. The number of hydrogen-bond acceptors (Lipinski definition) is 2. The van der Waals surface area contributed by atoms with Gasteiger partial charge in [-0.3, -0.25) is 0 Å². The van der Waals surface area contributed by atoms with Gasteiger partial charge in [0.25, 0.3) is 0 Å². The second-order valence-corrected chi connectivity index (χ2v) is 4.55. The second-order valence-electron chi connectivity index (χ2n) is 4.55. The first-order valence-electron chi connectivity index (χ1n) is 6.08. The van der Waals surface area contributed by atoms with Crippen LogP contribution in [-0.2, 0) is 0 Å². The normalized spacial score (nSPS) is 30.2. The van der Waals surface area contributed by atoms with Crippen molar-refractivity contribution in [2.75, 3.05) is 6.61 Å². The molecule has 0 aromatic heterocycles. The van der Waals surface area contributed by atoms with Crippen molar-refractivity contribution in [3.63, 3.8) is 0 Å². The lowest BCUT2D eigenvalue weighted by Crippen LogP contribution is -2.30. The van der Waals surface area contributed by atoms with Crippen molar-refractivity contribution in [2.45, 2.75) is 58.0 Å². The van der Waals surface area contributed by atoms with Crippen LogP contribution in [0.5, 0.6) is 0 Å². The van der Waals surface area contributed by atoms with Crippen molar-refractivity contribution in [3.05, 3.63) is 0 Å². The Balaban J connectivity index is 2.37. The van der Waals surface area contributed by atoms with Crippen LogP contribution in [0, 0.1) is 11.8 Å². The molecule has 1 aliphatic carbocycles. The lowest BCUT2D eigenvalue weighted by Gasteiger charge is -2.34. The van der Waals surface area contributed by atoms with Gasteiger partial charge in [0, 0.05) is 6.61 Å². The molecule has 0 aromatic carbocycles. The first kappa shape index (κ1) is 12.0. The largest absolute Gasteiger partial charge is 0.396 e. The smallest absolute Gasteiger partial charge is 0.0571 e. The SMILES string of the molecule is CCC1CCCCC1C(O)CCCO. The second kappa shape index (κ2) is 6.41. The molecule has 0 saturated heterocycles. The highest BCUT2D eigenvalue weighted by Gasteiger charge is 2.28. The monoisotopic (exact) mass is 200 g/mol. The summed E-state index contributed by atoms with van der Waals surface area (Å²) in [5.41, 5.74) is 0. The van der Waals surface area contributed by atoms with Crippen LogP contribution in [0.25, 0.3) is 0 Å². The van der Waals surface area contributed by atoms with Gasteiger partial charge in [0.2, 0.25) is 0 Å². The maximum atomic E-state index is 10.00. The molecule has 0 radical (unpaired) electrons. The molecule has 14 heavy (non-hydrogen) atoms. The van der Waals surface area contributed by atoms with Crippen LogP contribution >= 0.6 is 0 Å². The van der Waals surface area contributed by atoms with E-state index in [9.17, 15) is 5.11 Å². The summed E-state index contributed by atoms with van der Waals surface area (Å²) in [5, 5.41) is 18.7. The molecule has 2 N–H and O–H groups in total. The molecule has 2 heteroatoms. The average Bonchev–Trinajstić information content (AvgIpc) is 2.25. The van der Waals surface area contributed by atoms with E-state index in [0.717, 1.165) is 18.8 Å². The summed E-state index contributed by atoms with van der Waals surface area (Å²) >= 11 is 0. The van der Waals surface area contributed by atoms with Gasteiger partial charge in [-0.2, -0.15) is 0 Å². The molecule has 1 saturated carbocycles. The highest BCUT2D eigenvalue weighted by Crippen LogP contribution is 2.35. The quantitative estimate of drug-likeness (QED) is 0.715. The Hall–Kier alpha value is -0.0800. The van der Waals surface area contributed by atoms with Crippen LogP contribution in [-0.4, -0.2) is 22.9 Å². The summed E-state index contributed by atoms with van der Waals surface area (Å²) in [6, 6.07) is 0. The molecule has 0 aliphatic heterocycles. The zero-order valence-corrected chi connectivity index (χ0v) is 9.28. The predicted molar refractivity (Wildman–Crippen MR) is 58.1 cm³/mol. The Morgan fingerprint density at radius 2 is 2.00 bits per heavy atom. The summed E-state index contributed by atoms with van der Waals surface area (Å²) in [7, 11) is 0. The van der Waals surface area contributed by atoms with Gasteiger partial charge in [-0.25, -0.2) is 0 Å². The number of aliphatic hydroxyl groups excluding tert-OH is 2. The van der Waals surface area contributed by atoms with Crippen molar-refractivity contribution >= 4 is 0 Å². The first-order valence-corrected chi connectivity index (χ1v) is 6.08. The molecule has 0 heterocycles. The molecule has 0 amide bonds. The molecule has 1 fully saturated rings. The molecule has 0 spiro atoms. The summed E-state index contributed by atoms with van der Waals surface area (Å²) in [5.74, 6) is 1.22. The lowest BCUT2D eigenvalue weighted by atomic mass is 9.74. The van der Waals surface area contributed by atoms with Crippen LogP contribution in [0.15, 0.2) is 0 Å². The van der Waals surface area contributed by atoms with E-state index < -0.39 is 0 Å². The highest BCUT2D eigenvalue weighted by atomic mass is 16.3. The highest BCUT2D eigenvalue weighted by molar-refractivity contribution is 4.79. The minimum absolute atomic E-state index is 0.174. The summed E-state index contributed by atoms with van der Waals surface area (Å²) in [4.78, 5) is 0. The molecule has 0 aromatic rings. The maximum absolute atomic E-state index is 10.00. The molecule has 3 unspecified atom stereocenters.